The minimum Gasteiger partial charge on any atom is -0.497 e. The summed E-state index contributed by atoms with van der Waals surface area (Å²) in [6.45, 7) is 0.806. The van der Waals surface area contributed by atoms with Gasteiger partial charge in [0, 0.05) is 5.69 Å². The third kappa shape index (κ3) is 6.08. The number of rotatable bonds is 8. The number of nitrogens with one attached hydrogen (secondary N) is 2. The van der Waals surface area contributed by atoms with E-state index in [0.29, 0.717) is 11.4 Å². The highest BCUT2D eigenvalue weighted by atomic mass is 32.2. The Balaban J connectivity index is 1.87. The van der Waals surface area contributed by atoms with Crippen LogP contribution in [0.25, 0.3) is 0 Å². The molecule has 0 unspecified atom stereocenters. The van der Waals surface area contributed by atoms with E-state index in [-0.39, 0.29) is 4.90 Å². The predicted octanol–water partition coefficient (Wildman–Crippen LogP) is 1.54. The average molecular weight is 392 g/mol. The molecule has 0 radical (unpaired) electrons. The number of amides is 1. The number of para-hydroxylation sites is 1. The van der Waals surface area contributed by atoms with Crippen LogP contribution in [-0.2, 0) is 24.3 Å². The second-order valence-electron chi connectivity index (χ2n) is 5.54. The molecule has 0 spiro atoms. The van der Waals surface area contributed by atoms with E-state index in [2.05, 4.69) is 10.0 Å². The van der Waals surface area contributed by atoms with Gasteiger partial charge in [-0.25, -0.2) is 8.42 Å². The summed E-state index contributed by atoms with van der Waals surface area (Å²) in [6.07, 6.45) is 0. The zero-order chi connectivity index (χ0) is 19.9. The molecule has 1 atom stereocenters. The van der Waals surface area contributed by atoms with E-state index in [0.717, 1.165) is 0 Å². The number of carbonyl (C=O) groups excluding carboxylic acids is 2. The van der Waals surface area contributed by atoms with Crippen LogP contribution in [0, 0.1) is 0 Å². The van der Waals surface area contributed by atoms with Crippen LogP contribution in [0.2, 0.25) is 0 Å². The van der Waals surface area contributed by atoms with Gasteiger partial charge in [0.15, 0.2) is 6.61 Å². The highest BCUT2D eigenvalue weighted by Gasteiger charge is 2.23. The first kappa shape index (κ1) is 20.4. The maximum Gasteiger partial charge on any atom is 0.324 e. The molecule has 144 valence electrons. The van der Waals surface area contributed by atoms with Crippen molar-refractivity contribution >= 4 is 27.6 Å². The van der Waals surface area contributed by atoms with Crippen LogP contribution >= 0.6 is 0 Å². The number of hydrogen-bond acceptors (Lipinski definition) is 6. The Morgan fingerprint density at radius 3 is 2.26 bits per heavy atom. The Morgan fingerprint density at radius 1 is 1.04 bits per heavy atom. The van der Waals surface area contributed by atoms with Crippen molar-refractivity contribution in [2.75, 3.05) is 19.0 Å². The summed E-state index contributed by atoms with van der Waals surface area (Å²) in [5.74, 6) is -0.888. The summed E-state index contributed by atoms with van der Waals surface area (Å²) in [5.41, 5.74) is 0.562. The van der Waals surface area contributed by atoms with Crippen molar-refractivity contribution in [3.05, 3.63) is 54.6 Å². The number of ether oxygens (including phenoxy) is 2. The van der Waals surface area contributed by atoms with Gasteiger partial charge in [0.25, 0.3) is 5.91 Å². The Hall–Kier alpha value is -2.91. The molecule has 27 heavy (non-hydrogen) atoms. The topological polar surface area (TPSA) is 111 Å². The summed E-state index contributed by atoms with van der Waals surface area (Å²) in [6, 6.07) is 13.2. The molecule has 2 aromatic carbocycles. The number of anilines is 1. The third-order valence-corrected chi connectivity index (χ3v) is 5.01. The first-order valence-corrected chi connectivity index (χ1v) is 9.48. The molecule has 0 bridgehead atoms. The summed E-state index contributed by atoms with van der Waals surface area (Å²) in [7, 11) is -2.46. The van der Waals surface area contributed by atoms with Gasteiger partial charge in [0.1, 0.15) is 11.8 Å². The van der Waals surface area contributed by atoms with Crippen molar-refractivity contribution in [1.82, 2.24) is 4.72 Å². The van der Waals surface area contributed by atoms with E-state index >= 15 is 0 Å². The van der Waals surface area contributed by atoms with Crippen molar-refractivity contribution in [2.45, 2.75) is 17.9 Å². The van der Waals surface area contributed by atoms with Crippen molar-refractivity contribution in [3.63, 3.8) is 0 Å². The maximum absolute atomic E-state index is 12.3. The summed E-state index contributed by atoms with van der Waals surface area (Å²) in [5, 5.41) is 2.55. The molecular formula is C18H20N2O6S. The van der Waals surface area contributed by atoms with Gasteiger partial charge in [0.2, 0.25) is 10.0 Å². The Kier molecular flexibility index (Phi) is 6.91. The number of benzene rings is 2. The van der Waals surface area contributed by atoms with E-state index in [1.165, 1.54) is 38.3 Å². The standard InChI is InChI=1S/C18H20N2O6S/c1-13(20-27(23,24)16-10-8-15(25-2)9-11-16)18(22)26-12-17(21)19-14-6-4-3-5-7-14/h3-11,13,20H,12H2,1-2H3,(H,19,21)/t13-/m0/s1. The second-order valence-corrected chi connectivity index (χ2v) is 7.25. The fraction of sp³-hybridized carbons (Fsp3) is 0.222. The second kappa shape index (κ2) is 9.15. The molecule has 0 fully saturated rings. The Morgan fingerprint density at radius 2 is 1.67 bits per heavy atom. The van der Waals surface area contributed by atoms with Crippen molar-refractivity contribution in [1.29, 1.82) is 0 Å². The molecule has 0 aliphatic heterocycles. The van der Waals surface area contributed by atoms with Gasteiger partial charge in [-0.2, -0.15) is 4.72 Å². The minimum absolute atomic E-state index is 0.0234. The van der Waals surface area contributed by atoms with Crippen LogP contribution in [0.1, 0.15) is 6.92 Å². The normalized spacial score (nSPS) is 12.1. The van der Waals surface area contributed by atoms with Crippen LogP contribution in [-0.4, -0.2) is 40.1 Å². The van der Waals surface area contributed by atoms with Crippen LogP contribution in [0.3, 0.4) is 0 Å². The number of methoxy groups -OCH3 is 1. The van der Waals surface area contributed by atoms with Gasteiger partial charge in [-0.15, -0.1) is 0 Å². The highest BCUT2D eigenvalue weighted by molar-refractivity contribution is 7.89. The SMILES string of the molecule is COc1ccc(S(=O)(=O)N[C@@H](C)C(=O)OCC(=O)Nc2ccccc2)cc1. The molecule has 0 aromatic heterocycles. The number of carbonyl (C=O) groups is 2. The molecule has 2 N–H and O–H groups in total. The summed E-state index contributed by atoms with van der Waals surface area (Å²) >= 11 is 0. The van der Waals surface area contributed by atoms with Gasteiger partial charge in [-0.3, -0.25) is 9.59 Å². The van der Waals surface area contributed by atoms with Crippen LogP contribution in [0.4, 0.5) is 5.69 Å². The molecule has 9 heteroatoms. The lowest BCUT2D eigenvalue weighted by Gasteiger charge is -2.14. The first-order valence-electron chi connectivity index (χ1n) is 8.00. The van der Waals surface area contributed by atoms with E-state index in [9.17, 15) is 18.0 Å². The summed E-state index contributed by atoms with van der Waals surface area (Å²) in [4.78, 5) is 23.7. The molecule has 0 aliphatic rings. The molecule has 2 rings (SSSR count). The lowest BCUT2D eigenvalue weighted by Crippen LogP contribution is -2.40. The summed E-state index contributed by atoms with van der Waals surface area (Å²) < 4.78 is 36.6. The van der Waals surface area contributed by atoms with Crippen molar-refractivity contribution in [3.8, 4) is 5.75 Å². The lowest BCUT2D eigenvalue weighted by molar-refractivity contribution is -0.148. The monoisotopic (exact) mass is 392 g/mol. The van der Waals surface area contributed by atoms with Gasteiger partial charge in [-0.05, 0) is 43.3 Å². The van der Waals surface area contributed by atoms with Crippen molar-refractivity contribution < 1.29 is 27.5 Å². The molecule has 0 saturated carbocycles. The molecule has 8 nitrogen and oxygen atoms in total. The molecule has 0 saturated heterocycles. The Bertz CT molecular complexity index is 882. The molecular weight excluding hydrogens is 372 g/mol. The fourth-order valence-electron chi connectivity index (χ4n) is 2.08. The predicted molar refractivity (Wildman–Crippen MR) is 98.8 cm³/mol. The number of hydrogen-bond donors (Lipinski definition) is 2. The average Bonchev–Trinajstić information content (AvgIpc) is 2.66. The highest BCUT2D eigenvalue weighted by Crippen LogP contribution is 2.15. The molecule has 2 aromatic rings. The number of sulfonamides is 1. The van der Waals surface area contributed by atoms with Gasteiger partial charge in [0.05, 0.1) is 12.0 Å². The fourth-order valence-corrected chi connectivity index (χ4v) is 3.28. The van der Waals surface area contributed by atoms with Gasteiger partial charge < -0.3 is 14.8 Å². The minimum atomic E-state index is -3.92. The molecule has 0 heterocycles. The molecule has 1 amide bonds. The van der Waals surface area contributed by atoms with Crippen LogP contribution < -0.4 is 14.8 Å². The van der Waals surface area contributed by atoms with E-state index in [4.69, 9.17) is 9.47 Å². The van der Waals surface area contributed by atoms with Crippen LogP contribution in [0.5, 0.6) is 5.75 Å². The van der Waals surface area contributed by atoms with E-state index in [1.807, 2.05) is 0 Å². The smallest absolute Gasteiger partial charge is 0.324 e. The lowest BCUT2D eigenvalue weighted by atomic mass is 10.3. The van der Waals surface area contributed by atoms with Crippen molar-refractivity contribution in [2.24, 2.45) is 0 Å². The quantitative estimate of drug-likeness (QED) is 0.660. The maximum atomic E-state index is 12.3. The van der Waals surface area contributed by atoms with Crippen LogP contribution in [0.15, 0.2) is 59.5 Å². The number of esters is 1. The first-order chi connectivity index (χ1) is 12.8. The van der Waals surface area contributed by atoms with Gasteiger partial charge >= 0.3 is 5.97 Å². The zero-order valence-electron chi connectivity index (χ0n) is 14.8. The van der Waals surface area contributed by atoms with Gasteiger partial charge in [-0.1, -0.05) is 18.2 Å². The zero-order valence-corrected chi connectivity index (χ0v) is 15.7. The molecule has 0 aliphatic carbocycles. The van der Waals surface area contributed by atoms with E-state index in [1.54, 1.807) is 30.3 Å². The third-order valence-electron chi connectivity index (χ3n) is 3.46. The van der Waals surface area contributed by atoms with E-state index < -0.39 is 34.5 Å². The largest absolute Gasteiger partial charge is 0.497 e. The Labute approximate surface area is 157 Å².